The summed E-state index contributed by atoms with van der Waals surface area (Å²) >= 11 is 2.13. The number of aromatic hydroxyl groups is 1. The largest absolute Gasteiger partial charge is 0.507 e. The number of benzene rings is 1. The lowest BCUT2D eigenvalue weighted by Crippen LogP contribution is -2.38. The van der Waals surface area contributed by atoms with Crippen LogP contribution in [0.1, 0.15) is 16.8 Å². The summed E-state index contributed by atoms with van der Waals surface area (Å²) < 4.78 is 0.946. The molecule has 2 rings (SSSR count). The lowest BCUT2D eigenvalue weighted by molar-refractivity contribution is 0.0740. The van der Waals surface area contributed by atoms with E-state index in [1.165, 1.54) is 0 Å². The summed E-state index contributed by atoms with van der Waals surface area (Å²) in [5.41, 5.74) is 0.381. The fourth-order valence-corrected chi connectivity index (χ4v) is 2.50. The number of hydrogen-bond donors (Lipinski definition) is 2. The van der Waals surface area contributed by atoms with E-state index in [1.54, 1.807) is 30.1 Å². The maximum absolute atomic E-state index is 12.2. The van der Waals surface area contributed by atoms with E-state index in [1.807, 2.05) is 0 Å². The molecular weight excluding hydrogens is 331 g/mol. The number of halogens is 1. The molecule has 1 amide bonds. The second kappa shape index (κ2) is 5.22. The quantitative estimate of drug-likeness (QED) is 0.797. The highest BCUT2D eigenvalue weighted by Crippen LogP contribution is 2.22. The monoisotopic (exact) mass is 346 g/mol. The first-order valence-corrected chi connectivity index (χ1v) is 6.64. The Morgan fingerprint density at radius 1 is 1.59 bits per heavy atom. The number of nitrogens with one attached hydrogen (secondary N) is 1. The topological polar surface area (TPSA) is 52.6 Å². The van der Waals surface area contributed by atoms with Gasteiger partial charge in [0, 0.05) is 23.2 Å². The van der Waals surface area contributed by atoms with Crippen molar-refractivity contribution in [2.45, 2.75) is 12.5 Å². The number of rotatable bonds is 2. The average molecular weight is 346 g/mol. The highest BCUT2D eigenvalue weighted by Gasteiger charge is 2.25. The number of phenols is 1. The molecule has 0 aliphatic carbocycles. The number of nitrogens with zero attached hydrogens (tertiary/aromatic N) is 1. The molecule has 1 aromatic carbocycles. The number of carbonyl (C=O) groups is 1. The van der Waals surface area contributed by atoms with Crippen LogP contribution in [0.15, 0.2) is 18.2 Å². The van der Waals surface area contributed by atoms with Crippen molar-refractivity contribution in [1.82, 2.24) is 10.2 Å². The summed E-state index contributed by atoms with van der Waals surface area (Å²) in [4.78, 5) is 14.0. The fourth-order valence-electron chi connectivity index (χ4n) is 2.01. The summed E-state index contributed by atoms with van der Waals surface area (Å²) in [6, 6.07) is 5.29. The van der Waals surface area contributed by atoms with Gasteiger partial charge in [0.2, 0.25) is 0 Å². The SMILES string of the molecule is CN(C(=O)c1cc(I)ccc1O)C1CCNC1. The molecule has 4 nitrogen and oxygen atoms in total. The molecule has 1 aromatic rings. The molecule has 0 aromatic heterocycles. The Labute approximate surface area is 114 Å². The first-order chi connectivity index (χ1) is 8.09. The van der Waals surface area contributed by atoms with E-state index in [0.29, 0.717) is 5.56 Å². The van der Waals surface area contributed by atoms with Gasteiger partial charge < -0.3 is 15.3 Å². The van der Waals surface area contributed by atoms with Crippen LogP contribution in [0.2, 0.25) is 0 Å². The molecule has 92 valence electrons. The van der Waals surface area contributed by atoms with Crippen molar-refractivity contribution in [2.75, 3.05) is 20.1 Å². The van der Waals surface area contributed by atoms with E-state index in [-0.39, 0.29) is 17.7 Å². The predicted molar refractivity (Wildman–Crippen MR) is 74.2 cm³/mol. The van der Waals surface area contributed by atoms with E-state index in [9.17, 15) is 9.90 Å². The second-order valence-electron chi connectivity index (χ2n) is 4.22. The minimum Gasteiger partial charge on any atom is -0.507 e. The second-order valence-corrected chi connectivity index (χ2v) is 5.47. The summed E-state index contributed by atoms with van der Waals surface area (Å²) in [6.07, 6.45) is 0.965. The molecule has 0 saturated carbocycles. The Kier molecular flexibility index (Phi) is 3.88. The van der Waals surface area contributed by atoms with Crippen LogP contribution >= 0.6 is 22.6 Å². The number of amides is 1. The number of phenolic OH excluding ortho intramolecular Hbond substituents is 1. The Balaban J connectivity index is 2.20. The third kappa shape index (κ3) is 2.71. The standard InChI is InChI=1S/C12H15IN2O2/c1-15(9-4-5-14-7-9)12(17)10-6-8(13)2-3-11(10)16/h2-3,6,9,14,16H,4-5,7H2,1H3. The maximum atomic E-state index is 12.2. The molecule has 0 spiro atoms. The van der Waals surface area contributed by atoms with Gasteiger partial charge in [0.25, 0.3) is 5.91 Å². The predicted octanol–water partition coefficient (Wildman–Crippen LogP) is 1.43. The summed E-state index contributed by atoms with van der Waals surface area (Å²) in [6.45, 7) is 1.77. The van der Waals surface area contributed by atoms with E-state index < -0.39 is 0 Å². The van der Waals surface area contributed by atoms with E-state index >= 15 is 0 Å². The van der Waals surface area contributed by atoms with Gasteiger partial charge in [0.15, 0.2) is 0 Å². The van der Waals surface area contributed by atoms with E-state index in [2.05, 4.69) is 27.9 Å². The zero-order chi connectivity index (χ0) is 12.4. The Morgan fingerprint density at radius 3 is 3.00 bits per heavy atom. The molecular formula is C12H15IN2O2. The molecule has 1 atom stereocenters. The Bertz CT molecular complexity index is 431. The lowest BCUT2D eigenvalue weighted by atomic mass is 10.1. The third-order valence-electron chi connectivity index (χ3n) is 3.09. The number of likely N-dealkylation sites (N-methyl/N-ethyl adjacent to an activating group) is 1. The smallest absolute Gasteiger partial charge is 0.257 e. The van der Waals surface area contributed by atoms with Crippen LogP contribution in [-0.4, -0.2) is 42.1 Å². The van der Waals surface area contributed by atoms with Gasteiger partial charge >= 0.3 is 0 Å². The van der Waals surface area contributed by atoms with Crippen LogP contribution in [0.4, 0.5) is 0 Å². The van der Waals surface area contributed by atoms with Gasteiger partial charge in [-0.05, 0) is 53.8 Å². The lowest BCUT2D eigenvalue weighted by Gasteiger charge is -2.24. The van der Waals surface area contributed by atoms with Gasteiger partial charge in [-0.1, -0.05) is 0 Å². The number of hydrogen-bond acceptors (Lipinski definition) is 3. The van der Waals surface area contributed by atoms with Crippen LogP contribution in [0.25, 0.3) is 0 Å². The molecule has 1 aliphatic heterocycles. The molecule has 1 fully saturated rings. The zero-order valence-electron chi connectivity index (χ0n) is 9.61. The van der Waals surface area contributed by atoms with Gasteiger partial charge in [-0.15, -0.1) is 0 Å². The first kappa shape index (κ1) is 12.6. The maximum Gasteiger partial charge on any atom is 0.257 e. The Morgan fingerprint density at radius 2 is 2.35 bits per heavy atom. The average Bonchev–Trinajstić information content (AvgIpc) is 2.84. The Hall–Kier alpha value is -0.820. The van der Waals surface area contributed by atoms with Gasteiger partial charge in [0.05, 0.1) is 5.56 Å². The molecule has 2 N–H and O–H groups in total. The molecule has 1 heterocycles. The van der Waals surface area contributed by atoms with Crippen molar-refractivity contribution in [2.24, 2.45) is 0 Å². The van der Waals surface area contributed by atoms with Crippen molar-refractivity contribution in [3.05, 3.63) is 27.3 Å². The van der Waals surface area contributed by atoms with Crippen molar-refractivity contribution in [1.29, 1.82) is 0 Å². The highest BCUT2D eigenvalue weighted by molar-refractivity contribution is 14.1. The molecule has 1 aliphatic rings. The summed E-state index contributed by atoms with van der Waals surface area (Å²) in [7, 11) is 1.79. The fraction of sp³-hybridized carbons (Fsp3) is 0.417. The minimum absolute atomic E-state index is 0.0493. The number of carbonyl (C=O) groups excluding carboxylic acids is 1. The summed E-state index contributed by atoms with van der Waals surface area (Å²) in [5.74, 6) is -0.0667. The van der Waals surface area contributed by atoms with E-state index in [4.69, 9.17) is 0 Å². The molecule has 1 unspecified atom stereocenters. The van der Waals surface area contributed by atoms with Crippen LogP contribution in [0, 0.1) is 3.57 Å². The normalized spacial score (nSPS) is 19.3. The van der Waals surface area contributed by atoms with Crippen molar-refractivity contribution < 1.29 is 9.90 Å². The van der Waals surface area contributed by atoms with Crippen molar-refractivity contribution in [3.63, 3.8) is 0 Å². The van der Waals surface area contributed by atoms with Gasteiger partial charge in [-0.25, -0.2) is 0 Å². The molecule has 0 bridgehead atoms. The molecule has 0 radical (unpaired) electrons. The van der Waals surface area contributed by atoms with Gasteiger partial charge in [-0.3, -0.25) is 4.79 Å². The molecule has 5 heteroatoms. The highest BCUT2D eigenvalue weighted by atomic mass is 127. The van der Waals surface area contributed by atoms with Crippen LogP contribution in [-0.2, 0) is 0 Å². The zero-order valence-corrected chi connectivity index (χ0v) is 11.8. The first-order valence-electron chi connectivity index (χ1n) is 5.56. The molecule has 1 saturated heterocycles. The van der Waals surface area contributed by atoms with Crippen LogP contribution < -0.4 is 5.32 Å². The summed E-state index contributed by atoms with van der Waals surface area (Å²) in [5, 5.41) is 13.0. The minimum atomic E-state index is -0.116. The van der Waals surface area contributed by atoms with Crippen molar-refractivity contribution in [3.8, 4) is 5.75 Å². The van der Waals surface area contributed by atoms with E-state index in [0.717, 1.165) is 23.1 Å². The van der Waals surface area contributed by atoms with Gasteiger partial charge in [0.1, 0.15) is 5.75 Å². The van der Waals surface area contributed by atoms with Crippen LogP contribution in [0.3, 0.4) is 0 Å². The van der Waals surface area contributed by atoms with Crippen molar-refractivity contribution >= 4 is 28.5 Å². The molecule has 17 heavy (non-hydrogen) atoms. The third-order valence-corrected chi connectivity index (χ3v) is 3.76. The van der Waals surface area contributed by atoms with Crippen LogP contribution in [0.5, 0.6) is 5.75 Å². The van der Waals surface area contributed by atoms with Gasteiger partial charge in [-0.2, -0.15) is 0 Å².